The summed E-state index contributed by atoms with van der Waals surface area (Å²) in [6.45, 7) is 3.22. The van der Waals surface area contributed by atoms with Crippen LogP contribution >= 0.6 is 23.4 Å². The molecule has 1 saturated heterocycles. The van der Waals surface area contributed by atoms with Crippen molar-refractivity contribution >= 4 is 23.4 Å². The van der Waals surface area contributed by atoms with Gasteiger partial charge in [-0.2, -0.15) is 11.8 Å². The summed E-state index contributed by atoms with van der Waals surface area (Å²) in [5.74, 6) is 2.20. The Kier molecular flexibility index (Phi) is 5.86. The average molecular weight is 300 g/mol. The normalized spacial score (nSPS) is 20.5. The second-order valence-electron chi connectivity index (χ2n) is 4.87. The lowest BCUT2D eigenvalue weighted by Crippen LogP contribution is -2.30. The molecule has 19 heavy (non-hydrogen) atoms. The van der Waals surface area contributed by atoms with Crippen molar-refractivity contribution in [2.45, 2.75) is 37.5 Å². The lowest BCUT2D eigenvalue weighted by molar-refractivity contribution is 0.396. The molecule has 0 saturated carbocycles. The van der Waals surface area contributed by atoms with Gasteiger partial charge in [-0.1, -0.05) is 18.5 Å². The van der Waals surface area contributed by atoms with Crippen LogP contribution in [0.15, 0.2) is 18.2 Å². The van der Waals surface area contributed by atoms with E-state index in [1.54, 1.807) is 7.11 Å². The number of ether oxygens (including phenoxy) is 1. The Labute approximate surface area is 125 Å². The van der Waals surface area contributed by atoms with Gasteiger partial charge in [-0.25, -0.2) is 0 Å². The number of thioether (sulfide) groups is 1. The van der Waals surface area contributed by atoms with E-state index in [4.69, 9.17) is 16.3 Å². The number of hydrogen-bond acceptors (Lipinski definition) is 3. The second kappa shape index (κ2) is 7.41. The molecule has 0 radical (unpaired) electrons. The summed E-state index contributed by atoms with van der Waals surface area (Å²) < 4.78 is 5.51. The maximum atomic E-state index is 6.17. The van der Waals surface area contributed by atoms with Crippen molar-refractivity contribution in [3.05, 3.63) is 28.8 Å². The number of methoxy groups -OCH3 is 1. The molecule has 1 heterocycles. The van der Waals surface area contributed by atoms with Crippen LogP contribution in [0, 0.1) is 0 Å². The number of rotatable bonds is 6. The molecular formula is C15H22ClNOS. The Bertz CT molecular complexity index is 407. The molecule has 0 bridgehead atoms. The SMILES string of the molecule is CCCNC(c1cc(Cl)ccc1OC)C1CCCS1. The molecule has 106 valence electrons. The molecule has 0 spiro atoms. The van der Waals surface area contributed by atoms with E-state index in [9.17, 15) is 0 Å². The van der Waals surface area contributed by atoms with Crippen LogP contribution in [-0.4, -0.2) is 24.7 Å². The van der Waals surface area contributed by atoms with Gasteiger partial charge in [-0.05, 0) is 49.8 Å². The van der Waals surface area contributed by atoms with Gasteiger partial charge in [-0.15, -0.1) is 0 Å². The van der Waals surface area contributed by atoms with E-state index in [1.165, 1.54) is 24.2 Å². The lowest BCUT2D eigenvalue weighted by atomic mass is 9.99. The molecule has 1 N–H and O–H groups in total. The highest BCUT2D eigenvalue weighted by atomic mass is 35.5. The minimum absolute atomic E-state index is 0.334. The Morgan fingerprint density at radius 3 is 3.00 bits per heavy atom. The predicted molar refractivity (Wildman–Crippen MR) is 84.5 cm³/mol. The zero-order chi connectivity index (χ0) is 13.7. The van der Waals surface area contributed by atoms with Crippen molar-refractivity contribution in [1.29, 1.82) is 0 Å². The third-order valence-electron chi connectivity index (χ3n) is 3.48. The van der Waals surface area contributed by atoms with Crippen LogP contribution in [0.3, 0.4) is 0 Å². The van der Waals surface area contributed by atoms with Crippen LogP contribution in [0.25, 0.3) is 0 Å². The molecule has 2 unspecified atom stereocenters. The third-order valence-corrected chi connectivity index (χ3v) is 5.17. The molecule has 1 aromatic carbocycles. The van der Waals surface area contributed by atoms with Gasteiger partial charge in [0, 0.05) is 21.9 Å². The van der Waals surface area contributed by atoms with Gasteiger partial charge < -0.3 is 10.1 Å². The second-order valence-corrected chi connectivity index (χ2v) is 6.65. The summed E-state index contributed by atoms with van der Waals surface area (Å²) >= 11 is 8.23. The van der Waals surface area contributed by atoms with E-state index in [1.807, 2.05) is 18.2 Å². The smallest absolute Gasteiger partial charge is 0.123 e. The summed E-state index contributed by atoms with van der Waals surface area (Å²) in [5.41, 5.74) is 1.20. The fourth-order valence-corrected chi connectivity index (χ4v) is 4.14. The summed E-state index contributed by atoms with van der Waals surface area (Å²) in [4.78, 5) is 0. The molecule has 2 nitrogen and oxygen atoms in total. The van der Waals surface area contributed by atoms with Gasteiger partial charge in [0.15, 0.2) is 0 Å². The van der Waals surface area contributed by atoms with E-state index in [-0.39, 0.29) is 0 Å². The maximum absolute atomic E-state index is 6.17. The summed E-state index contributed by atoms with van der Waals surface area (Å²) in [6.07, 6.45) is 3.71. The number of halogens is 1. The topological polar surface area (TPSA) is 21.3 Å². The fraction of sp³-hybridized carbons (Fsp3) is 0.600. The largest absolute Gasteiger partial charge is 0.496 e. The molecule has 0 aliphatic carbocycles. The van der Waals surface area contributed by atoms with E-state index >= 15 is 0 Å². The molecule has 1 aliphatic rings. The Balaban J connectivity index is 2.27. The molecular weight excluding hydrogens is 278 g/mol. The van der Waals surface area contributed by atoms with Crippen LogP contribution < -0.4 is 10.1 Å². The molecule has 2 atom stereocenters. The van der Waals surface area contributed by atoms with Gasteiger partial charge in [-0.3, -0.25) is 0 Å². The van der Waals surface area contributed by atoms with Gasteiger partial charge in [0.2, 0.25) is 0 Å². The molecule has 1 aromatic rings. The minimum Gasteiger partial charge on any atom is -0.496 e. The first-order valence-corrected chi connectivity index (χ1v) is 8.37. The van der Waals surface area contributed by atoms with Crippen LogP contribution in [0.1, 0.15) is 37.8 Å². The first kappa shape index (κ1) is 15.0. The molecule has 4 heteroatoms. The highest BCUT2D eigenvalue weighted by Crippen LogP contribution is 2.39. The standard InChI is InChI=1S/C15H22ClNOS/c1-3-8-17-15(14-5-4-9-19-14)12-10-11(16)6-7-13(12)18-2/h6-7,10,14-15,17H,3-5,8-9H2,1-2H3. The quantitative estimate of drug-likeness (QED) is 0.847. The maximum Gasteiger partial charge on any atom is 0.123 e. The molecule has 1 fully saturated rings. The van der Waals surface area contributed by atoms with E-state index < -0.39 is 0 Å². The lowest BCUT2D eigenvalue weighted by Gasteiger charge is -2.26. The Morgan fingerprint density at radius 2 is 2.37 bits per heavy atom. The van der Waals surface area contributed by atoms with Crippen LogP contribution in [0.4, 0.5) is 0 Å². The van der Waals surface area contributed by atoms with Gasteiger partial charge in [0.1, 0.15) is 5.75 Å². The number of hydrogen-bond donors (Lipinski definition) is 1. The monoisotopic (exact) mass is 299 g/mol. The van der Waals surface area contributed by atoms with E-state index in [0.717, 1.165) is 23.7 Å². The molecule has 0 amide bonds. The van der Waals surface area contributed by atoms with Crippen molar-refractivity contribution in [2.75, 3.05) is 19.4 Å². The first-order valence-electron chi connectivity index (χ1n) is 6.94. The third kappa shape index (κ3) is 3.80. The minimum atomic E-state index is 0.334. The Hall–Kier alpha value is -0.380. The molecule has 1 aliphatic heterocycles. The number of benzene rings is 1. The molecule has 2 rings (SSSR count). The summed E-state index contributed by atoms with van der Waals surface area (Å²) in [6, 6.07) is 6.24. The van der Waals surface area contributed by atoms with Crippen LogP contribution in [-0.2, 0) is 0 Å². The van der Waals surface area contributed by atoms with Gasteiger partial charge >= 0.3 is 0 Å². The van der Waals surface area contributed by atoms with Crippen LogP contribution in [0.5, 0.6) is 5.75 Å². The van der Waals surface area contributed by atoms with Crippen molar-refractivity contribution in [3.63, 3.8) is 0 Å². The van der Waals surface area contributed by atoms with E-state index in [0.29, 0.717) is 11.3 Å². The number of nitrogens with one attached hydrogen (secondary N) is 1. The van der Waals surface area contributed by atoms with Crippen molar-refractivity contribution < 1.29 is 4.74 Å². The van der Waals surface area contributed by atoms with Crippen molar-refractivity contribution in [3.8, 4) is 5.75 Å². The highest BCUT2D eigenvalue weighted by molar-refractivity contribution is 8.00. The van der Waals surface area contributed by atoms with Crippen LogP contribution in [0.2, 0.25) is 5.02 Å². The van der Waals surface area contributed by atoms with Crippen molar-refractivity contribution in [2.24, 2.45) is 0 Å². The fourth-order valence-electron chi connectivity index (χ4n) is 2.56. The molecule has 0 aromatic heterocycles. The average Bonchev–Trinajstić information content (AvgIpc) is 2.93. The first-order chi connectivity index (χ1) is 9.26. The highest BCUT2D eigenvalue weighted by Gasteiger charge is 2.28. The summed E-state index contributed by atoms with van der Waals surface area (Å²) in [5, 5.41) is 5.07. The summed E-state index contributed by atoms with van der Waals surface area (Å²) in [7, 11) is 1.73. The van der Waals surface area contributed by atoms with Gasteiger partial charge in [0.05, 0.1) is 7.11 Å². The Morgan fingerprint density at radius 1 is 1.53 bits per heavy atom. The zero-order valence-electron chi connectivity index (χ0n) is 11.6. The van der Waals surface area contributed by atoms with Gasteiger partial charge in [0.25, 0.3) is 0 Å². The predicted octanol–water partition coefficient (Wildman–Crippen LogP) is 4.28. The zero-order valence-corrected chi connectivity index (χ0v) is 13.2. The van der Waals surface area contributed by atoms with Crippen molar-refractivity contribution in [1.82, 2.24) is 5.32 Å². The van der Waals surface area contributed by atoms with E-state index in [2.05, 4.69) is 24.0 Å².